The van der Waals surface area contributed by atoms with Crippen LogP contribution in [-0.4, -0.2) is 85.9 Å². The first kappa shape index (κ1) is 23.8. The van der Waals surface area contributed by atoms with Crippen molar-refractivity contribution in [3.05, 3.63) is 23.3 Å². The van der Waals surface area contributed by atoms with Gasteiger partial charge >= 0.3 is 0 Å². The number of rotatable bonds is 4. The number of likely N-dealkylation sites (tertiary alicyclic amines) is 1. The summed E-state index contributed by atoms with van der Waals surface area (Å²) in [5.74, 6) is 1.13. The molecule has 5 heterocycles. The summed E-state index contributed by atoms with van der Waals surface area (Å²) < 4.78 is 6.42. The van der Waals surface area contributed by atoms with Crippen LogP contribution < -0.4 is 10.6 Å². The van der Waals surface area contributed by atoms with Crippen molar-refractivity contribution in [3.8, 4) is 11.4 Å². The zero-order valence-electron chi connectivity index (χ0n) is 19.8. The van der Waals surface area contributed by atoms with Crippen LogP contribution in [0.1, 0.15) is 31.6 Å². The summed E-state index contributed by atoms with van der Waals surface area (Å²) in [7, 11) is 0. The lowest BCUT2D eigenvalue weighted by Gasteiger charge is -2.39. The quantitative estimate of drug-likeness (QED) is 0.477. The van der Waals surface area contributed by atoms with Gasteiger partial charge in [-0.15, -0.1) is 11.3 Å². The fourth-order valence-electron chi connectivity index (χ4n) is 4.43. The molecule has 2 fully saturated rings. The van der Waals surface area contributed by atoms with Crippen LogP contribution in [0.5, 0.6) is 0 Å². The number of anilines is 2. The second-order valence-corrected chi connectivity index (χ2v) is 10.6. The van der Waals surface area contributed by atoms with Crippen molar-refractivity contribution in [3.63, 3.8) is 0 Å². The van der Waals surface area contributed by atoms with E-state index in [4.69, 9.17) is 20.4 Å². The molecular formula is C23H29N7O4S. The molecule has 0 aromatic carbocycles. The van der Waals surface area contributed by atoms with Crippen LogP contribution in [0.2, 0.25) is 0 Å². The second-order valence-electron chi connectivity index (χ2n) is 9.51. The molecule has 0 saturated carbocycles. The molecule has 12 heteroatoms. The van der Waals surface area contributed by atoms with E-state index in [2.05, 4.69) is 14.9 Å². The van der Waals surface area contributed by atoms with Gasteiger partial charge in [0.2, 0.25) is 5.95 Å². The maximum absolute atomic E-state index is 12.5. The molecule has 11 nitrogen and oxygen atoms in total. The number of nitrogens with two attached hydrogens (primary N) is 1. The average Bonchev–Trinajstić information content (AvgIpc) is 3.29. The molecule has 4 N–H and O–H groups in total. The Morgan fingerprint density at radius 3 is 2.43 bits per heavy atom. The predicted molar refractivity (Wildman–Crippen MR) is 132 cm³/mol. The van der Waals surface area contributed by atoms with Crippen LogP contribution in [0.3, 0.4) is 0 Å². The van der Waals surface area contributed by atoms with Crippen molar-refractivity contribution in [2.45, 2.75) is 37.9 Å². The number of hydrogen-bond acceptors (Lipinski definition) is 11. The number of nitrogens with zero attached hydrogens (tertiary/aromatic N) is 6. The third-order valence-electron chi connectivity index (χ3n) is 6.45. The number of fused-ring (bicyclic) bond motifs is 1. The van der Waals surface area contributed by atoms with Gasteiger partial charge in [0.15, 0.2) is 11.6 Å². The lowest BCUT2D eigenvalue weighted by atomic mass is 9.89. The molecule has 3 aromatic rings. The van der Waals surface area contributed by atoms with Crippen LogP contribution in [0.25, 0.3) is 21.6 Å². The minimum absolute atomic E-state index is 0.178. The molecule has 35 heavy (non-hydrogen) atoms. The number of piperidine rings is 1. The molecule has 1 amide bonds. The van der Waals surface area contributed by atoms with Gasteiger partial charge in [0.05, 0.1) is 29.0 Å². The van der Waals surface area contributed by atoms with Crippen molar-refractivity contribution in [2.75, 3.05) is 50.0 Å². The summed E-state index contributed by atoms with van der Waals surface area (Å²) >= 11 is 1.48. The normalized spacial score (nSPS) is 18.7. The maximum Gasteiger partial charge on any atom is 0.253 e. The van der Waals surface area contributed by atoms with Gasteiger partial charge in [-0.05, 0) is 32.8 Å². The predicted octanol–water partition coefficient (Wildman–Crippen LogP) is 1.15. The van der Waals surface area contributed by atoms with Crippen molar-refractivity contribution in [1.82, 2.24) is 24.8 Å². The van der Waals surface area contributed by atoms with E-state index in [0.717, 1.165) is 20.9 Å². The topological polar surface area (TPSA) is 151 Å². The Bertz CT molecular complexity index is 1230. The molecule has 2 aliphatic rings. The van der Waals surface area contributed by atoms with Crippen LogP contribution in [0.4, 0.5) is 11.8 Å². The molecule has 2 aliphatic heterocycles. The minimum atomic E-state index is -1.43. The number of nitrogen functional groups attached to an aromatic ring is 1. The highest BCUT2D eigenvalue weighted by atomic mass is 32.1. The van der Waals surface area contributed by atoms with E-state index in [1.165, 1.54) is 25.2 Å². The second kappa shape index (κ2) is 8.94. The fourth-order valence-corrected chi connectivity index (χ4v) is 5.69. The summed E-state index contributed by atoms with van der Waals surface area (Å²) in [6, 6.07) is 1.92. The van der Waals surface area contributed by atoms with E-state index in [1.807, 2.05) is 6.07 Å². The number of amides is 1. The molecule has 2 saturated heterocycles. The lowest BCUT2D eigenvalue weighted by Crippen LogP contribution is -2.51. The number of morpholine rings is 1. The summed E-state index contributed by atoms with van der Waals surface area (Å²) in [6.45, 7) is 6.32. The number of thiophene rings is 1. The van der Waals surface area contributed by atoms with Crippen LogP contribution in [0.15, 0.2) is 18.5 Å². The monoisotopic (exact) mass is 499 g/mol. The van der Waals surface area contributed by atoms with Gasteiger partial charge in [-0.2, -0.15) is 0 Å². The third kappa shape index (κ3) is 4.66. The van der Waals surface area contributed by atoms with Gasteiger partial charge in [-0.1, -0.05) is 0 Å². The van der Waals surface area contributed by atoms with Crippen LogP contribution in [0, 0.1) is 0 Å². The number of hydrogen-bond donors (Lipinski definition) is 3. The summed E-state index contributed by atoms with van der Waals surface area (Å²) in [5.41, 5.74) is 4.51. The van der Waals surface area contributed by atoms with E-state index in [-0.39, 0.29) is 11.9 Å². The standard InChI is InChI=1S/C23H29N7O4S/c1-22(2,32)20(31)30-5-3-23(33,4-6-30)16-11-15-17(35-16)19(29-7-9-34-10-8-29)28-18(27-15)14-12-25-21(24)26-13-14/h11-13,32-33H,3-10H2,1-2H3,(H2,24,25,26). The van der Waals surface area contributed by atoms with E-state index >= 15 is 0 Å². The van der Waals surface area contributed by atoms with Gasteiger partial charge in [0.1, 0.15) is 11.2 Å². The Labute approximate surface area is 206 Å². The van der Waals surface area contributed by atoms with Crippen molar-refractivity contribution >= 4 is 39.2 Å². The average molecular weight is 500 g/mol. The first-order chi connectivity index (χ1) is 16.6. The molecule has 5 rings (SSSR count). The number of carbonyl (C=O) groups excluding carboxylic acids is 1. The summed E-state index contributed by atoms with van der Waals surface area (Å²) in [4.78, 5) is 34.8. The molecular weight excluding hydrogens is 470 g/mol. The van der Waals surface area contributed by atoms with E-state index in [9.17, 15) is 15.0 Å². The maximum atomic E-state index is 12.5. The van der Waals surface area contributed by atoms with Gasteiger partial charge in [-0.3, -0.25) is 4.79 Å². The molecule has 0 radical (unpaired) electrons. The zero-order chi connectivity index (χ0) is 24.8. The highest BCUT2D eigenvalue weighted by Gasteiger charge is 2.40. The lowest BCUT2D eigenvalue weighted by molar-refractivity contribution is -0.152. The Morgan fingerprint density at radius 2 is 1.80 bits per heavy atom. The number of aromatic nitrogens is 4. The Kier molecular flexibility index (Phi) is 6.08. The van der Waals surface area contributed by atoms with Crippen molar-refractivity contribution in [1.29, 1.82) is 0 Å². The summed E-state index contributed by atoms with van der Waals surface area (Å²) in [5, 5.41) is 21.6. The van der Waals surface area contributed by atoms with Gasteiger partial charge < -0.3 is 30.5 Å². The molecule has 0 unspecified atom stereocenters. The Hall–Kier alpha value is -2.93. The molecule has 3 aromatic heterocycles. The van der Waals surface area contributed by atoms with Crippen molar-refractivity contribution < 1.29 is 19.7 Å². The zero-order valence-corrected chi connectivity index (χ0v) is 20.6. The van der Waals surface area contributed by atoms with Crippen molar-refractivity contribution in [2.24, 2.45) is 0 Å². The minimum Gasteiger partial charge on any atom is -0.384 e. The molecule has 186 valence electrons. The van der Waals surface area contributed by atoms with Gasteiger partial charge in [-0.25, -0.2) is 19.9 Å². The first-order valence-electron chi connectivity index (χ1n) is 11.6. The van der Waals surface area contributed by atoms with Crippen LogP contribution >= 0.6 is 11.3 Å². The highest BCUT2D eigenvalue weighted by molar-refractivity contribution is 7.19. The number of ether oxygens (including phenoxy) is 1. The van der Waals surface area contributed by atoms with E-state index in [1.54, 1.807) is 17.3 Å². The number of carbonyl (C=O) groups is 1. The van der Waals surface area contributed by atoms with Crippen LogP contribution in [-0.2, 0) is 15.1 Å². The van der Waals surface area contributed by atoms with Gasteiger partial charge in [0, 0.05) is 43.4 Å². The van der Waals surface area contributed by atoms with Gasteiger partial charge in [0.25, 0.3) is 5.91 Å². The smallest absolute Gasteiger partial charge is 0.253 e. The molecule has 0 aliphatic carbocycles. The summed E-state index contributed by atoms with van der Waals surface area (Å²) in [6.07, 6.45) is 3.95. The Morgan fingerprint density at radius 1 is 1.14 bits per heavy atom. The first-order valence-corrected chi connectivity index (χ1v) is 12.4. The number of aliphatic hydroxyl groups is 2. The largest absolute Gasteiger partial charge is 0.384 e. The highest BCUT2D eigenvalue weighted by Crippen LogP contribution is 2.42. The Balaban J connectivity index is 1.51. The fraction of sp³-hybridized carbons (Fsp3) is 0.522. The SMILES string of the molecule is CC(C)(O)C(=O)N1CCC(O)(c2cc3nc(-c4cnc(N)nc4)nc(N4CCOCC4)c3s2)CC1. The third-order valence-corrected chi connectivity index (χ3v) is 7.77. The molecule has 0 spiro atoms. The van der Waals surface area contributed by atoms with E-state index < -0.39 is 11.2 Å². The molecule has 0 bridgehead atoms. The molecule has 0 atom stereocenters. The van der Waals surface area contributed by atoms with E-state index in [0.29, 0.717) is 63.6 Å².